The van der Waals surface area contributed by atoms with Crippen molar-refractivity contribution in [3.8, 4) is 0 Å². The van der Waals surface area contributed by atoms with Gasteiger partial charge < -0.3 is 16.0 Å². The molecule has 0 aromatic rings. The number of likely N-dealkylation sites (N-methyl/N-ethyl adjacent to an activating group) is 1. The summed E-state index contributed by atoms with van der Waals surface area (Å²) in [4.78, 5) is 36.0. The largest absolute Gasteiger partial charge is 0.365 e. The minimum Gasteiger partial charge on any atom is -0.365 e. The van der Waals surface area contributed by atoms with Crippen LogP contribution in [0.25, 0.3) is 0 Å². The van der Waals surface area contributed by atoms with Gasteiger partial charge in [-0.2, -0.15) is 0 Å². The number of halogens is 1. The maximum Gasteiger partial charge on any atom is 0.272 e. The number of primary amides is 1. The first-order valence-electron chi connectivity index (χ1n) is 7.04. The van der Waals surface area contributed by atoms with Gasteiger partial charge in [-0.15, -0.1) is 11.8 Å². The van der Waals surface area contributed by atoms with E-state index in [1.165, 1.54) is 16.7 Å². The Labute approximate surface area is 143 Å². The summed E-state index contributed by atoms with van der Waals surface area (Å²) in [5, 5.41) is -0.888. The lowest BCUT2D eigenvalue weighted by atomic mass is 10.0. The fourth-order valence-electron chi connectivity index (χ4n) is 2.62. The quantitative estimate of drug-likeness (QED) is 0.373. The van der Waals surface area contributed by atoms with E-state index in [0.717, 1.165) is 0 Å². The van der Waals surface area contributed by atoms with Crippen molar-refractivity contribution in [2.45, 2.75) is 11.4 Å². The van der Waals surface area contributed by atoms with Crippen molar-refractivity contribution < 1.29 is 18.9 Å². The average molecular weight is 360 g/mol. The van der Waals surface area contributed by atoms with E-state index in [4.69, 9.17) is 23.1 Å². The molecule has 0 spiro atoms. The molecule has 23 heavy (non-hydrogen) atoms. The summed E-state index contributed by atoms with van der Waals surface area (Å²) >= 11 is 7.16. The van der Waals surface area contributed by atoms with Crippen LogP contribution in [-0.2, 0) is 14.4 Å². The molecule has 4 N–H and O–H groups in total. The zero-order valence-corrected chi connectivity index (χ0v) is 14.6. The number of allylic oxidation sites excluding steroid dienone is 2. The second-order valence-electron chi connectivity index (χ2n) is 6.23. The highest BCUT2D eigenvalue weighted by Crippen LogP contribution is 2.40. The Bertz CT molecular complexity index is 617. The van der Waals surface area contributed by atoms with Gasteiger partial charge in [0.2, 0.25) is 5.91 Å². The molecule has 0 aliphatic carbocycles. The lowest BCUT2D eigenvalue weighted by Gasteiger charge is -2.48. The Kier molecular flexibility index (Phi) is 5.20. The number of thioether (sulfide) groups is 1. The van der Waals surface area contributed by atoms with E-state index in [-0.39, 0.29) is 29.4 Å². The molecular formula is C14H20ClN4O3S+. The number of fused-ring (bicyclic) bond motifs is 1. The number of nitrogens with two attached hydrogens (primary N) is 2. The number of quaternary nitrogens is 1. The number of hydrogen-bond donors (Lipinski definition) is 2. The van der Waals surface area contributed by atoms with E-state index >= 15 is 0 Å². The zero-order valence-electron chi connectivity index (χ0n) is 13.0. The van der Waals surface area contributed by atoms with Gasteiger partial charge in [0.25, 0.3) is 11.1 Å². The van der Waals surface area contributed by atoms with Crippen LogP contribution in [-0.4, -0.2) is 70.8 Å². The maximum atomic E-state index is 11.9. The van der Waals surface area contributed by atoms with E-state index in [1.54, 1.807) is 6.08 Å². The minimum absolute atomic E-state index is 0.207. The van der Waals surface area contributed by atoms with Gasteiger partial charge >= 0.3 is 0 Å². The molecule has 2 rings (SSSR count). The zero-order chi connectivity index (χ0) is 17.4. The molecule has 2 aliphatic rings. The molecule has 0 aromatic heterocycles. The van der Waals surface area contributed by atoms with E-state index < -0.39 is 11.3 Å². The van der Waals surface area contributed by atoms with Gasteiger partial charge in [-0.05, 0) is 23.3 Å². The predicted molar refractivity (Wildman–Crippen MR) is 89.1 cm³/mol. The third-order valence-corrected chi connectivity index (χ3v) is 5.23. The van der Waals surface area contributed by atoms with Gasteiger partial charge in [0.1, 0.15) is 17.1 Å². The van der Waals surface area contributed by atoms with Gasteiger partial charge in [0.05, 0.1) is 20.6 Å². The third-order valence-electron chi connectivity index (χ3n) is 3.73. The van der Waals surface area contributed by atoms with Gasteiger partial charge in [0, 0.05) is 5.75 Å². The molecule has 0 aromatic carbocycles. The van der Waals surface area contributed by atoms with Crippen molar-refractivity contribution in [3.05, 3.63) is 23.4 Å². The smallest absolute Gasteiger partial charge is 0.272 e. The molecule has 1 fully saturated rings. The van der Waals surface area contributed by atoms with E-state index in [9.17, 15) is 14.4 Å². The summed E-state index contributed by atoms with van der Waals surface area (Å²) in [5.74, 6) is -0.118. The van der Waals surface area contributed by atoms with Crippen LogP contribution in [0.1, 0.15) is 0 Å². The molecule has 9 heteroatoms. The van der Waals surface area contributed by atoms with E-state index in [1.807, 2.05) is 20.2 Å². The van der Waals surface area contributed by atoms with Crippen molar-refractivity contribution in [2.75, 3.05) is 32.9 Å². The fourth-order valence-corrected chi connectivity index (χ4v) is 4.09. The summed E-state index contributed by atoms with van der Waals surface area (Å²) < 4.78 is 0.395. The molecule has 7 nitrogen and oxygen atoms in total. The van der Waals surface area contributed by atoms with Crippen LogP contribution in [0.2, 0.25) is 0 Å². The Balaban J connectivity index is 2.16. The number of β-lactam (4-membered cyclic amide) rings is 1. The van der Waals surface area contributed by atoms with Crippen molar-refractivity contribution in [3.63, 3.8) is 0 Å². The lowest BCUT2D eigenvalue weighted by molar-refractivity contribution is -0.876. The Morgan fingerprint density at radius 2 is 2.13 bits per heavy atom. The van der Waals surface area contributed by atoms with Crippen molar-refractivity contribution in [1.29, 1.82) is 0 Å². The summed E-state index contributed by atoms with van der Waals surface area (Å²) in [5.41, 5.74) is 11.8. The highest BCUT2D eigenvalue weighted by atomic mass is 35.5. The second-order valence-corrected chi connectivity index (χ2v) is 7.68. The van der Waals surface area contributed by atoms with Crippen LogP contribution in [0.3, 0.4) is 0 Å². The standard InChI is InChI=1S/C14H19ClN4O3S/c1-19(2,6-9(16)20)5-3-4-8-7-23-14-10(17)13(22)18(14)11(8)12(15)21/h3-4,10,14H,5-7,17H2,1-2H3,(H-,16,20)/p+1/t10-,14-/m1/s1. The van der Waals surface area contributed by atoms with E-state index in [0.29, 0.717) is 22.4 Å². The fraction of sp³-hybridized carbons (Fsp3) is 0.500. The van der Waals surface area contributed by atoms with Gasteiger partial charge in [-0.1, -0.05) is 6.08 Å². The molecule has 2 aliphatic heterocycles. The monoisotopic (exact) mass is 359 g/mol. The first kappa shape index (κ1) is 18.0. The van der Waals surface area contributed by atoms with Crippen LogP contribution in [0.5, 0.6) is 0 Å². The van der Waals surface area contributed by atoms with Crippen LogP contribution in [0.4, 0.5) is 0 Å². The molecule has 2 atom stereocenters. The summed E-state index contributed by atoms with van der Waals surface area (Å²) in [7, 11) is 3.75. The van der Waals surface area contributed by atoms with E-state index in [2.05, 4.69) is 0 Å². The van der Waals surface area contributed by atoms with Crippen LogP contribution in [0.15, 0.2) is 23.4 Å². The van der Waals surface area contributed by atoms with Crippen LogP contribution >= 0.6 is 23.4 Å². The number of carbonyl (C=O) groups is 3. The molecule has 2 heterocycles. The van der Waals surface area contributed by atoms with Gasteiger partial charge in [-0.25, -0.2) is 0 Å². The van der Waals surface area contributed by atoms with Crippen molar-refractivity contribution >= 4 is 40.4 Å². The molecule has 1 saturated heterocycles. The average Bonchev–Trinajstić information content (AvgIpc) is 2.43. The normalized spacial score (nSPS) is 24.7. The van der Waals surface area contributed by atoms with Crippen molar-refractivity contribution in [2.24, 2.45) is 11.5 Å². The molecule has 0 bridgehead atoms. The van der Waals surface area contributed by atoms with Gasteiger partial charge in [0.15, 0.2) is 6.54 Å². The van der Waals surface area contributed by atoms with Crippen LogP contribution in [0, 0.1) is 0 Å². The molecular weight excluding hydrogens is 340 g/mol. The first-order chi connectivity index (χ1) is 10.6. The summed E-state index contributed by atoms with van der Waals surface area (Å²) in [6, 6.07) is -0.581. The molecule has 0 saturated carbocycles. The number of hydrogen-bond acceptors (Lipinski definition) is 5. The molecule has 126 valence electrons. The minimum atomic E-state index is -0.666. The number of carbonyl (C=O) groups excluding carboxylic acids is 3. The Morgan fingerprint density at radius 3 is 2.70 bits per heavy atom. The third kappa shape index (κ3) is 3.77. The maximum absolute atomic E-state index is 11.9. The molecule has 0 radical (unpaired) electrons. The number of rotatable bonds is 6. The second kappa shape index (κ2) is 6.64. The Morgan fingerprint density at radius 1 is 1.48 bits per heavy atom. The summed E-state index contributed by atoms with van der Waals surface area (Å²) in [6.07, 6.45) is 3.63. The highest BCUT2D eigenvalue weighted by Gasteiger charge is 2.51. The SMILES string of the molecule is C[N+](C)(CC=CC1=C(C(=O)Cl)N2C(=O)[C@@H](N)[C@H]2SC1)CC(N)=O. The predicted octanol–water partition coefficient (Wildman–Crippen LogP) is -0.634. The van der Waals surface area contributed by atoms with Crippen molar-refractivity contribution in [1.82, 2.24) is 4.90 Å². The topological polar surface area (TPSA) is 106 Å². The lowest BCUT2D eigenvalue weighted by Crippen LogP contribution is -2.68. The number of amides is 2. The Hall–Kier alpha value is -1.35. The molecule has 0 unspecified atom stereocenters. The molecule has 2 amide bonds. The highest BCUT2D eigenvalue weighted by molar-refractivity contribution is 8.00. The summed E-state index contributed by atoms with van der Waals surface area (Å²) in [6.45, 7) is 0.763. The van der Waals surface area contributed by atoms with Crippen LogP contribution < -0.4 is 11.5 Å². The van der Waals surface area contributed by atoms with Gasteiger partial charge in [-0.3, -0.25) is 19.3 Å². The number of nitrogens with zero attached hydrogens (tertiary/aromatic N) is 2. The first-order valence-corrected chi connectivity index (χ1v) is 8.47.